The average Bonchev–Trinajstić information content (AvgIpc) is 3.21. The van der Waals surface area contributed by atoms with E-state index in [1.807, 2.05) is 45.0 Å². The molecule has 1 unspecified atom stereocenters. The number of carbonyl (C=O) groups excluding carboxylic acids is 2. The van der Waals surface area contributed by atoms with E-state index in [-0.39, 0.29) is 30.1 Å². The van der Waals surface area contributed by atoms with Gasteiger partial charge in [0.25, 0.3) is 0 Å². The lowest BCUT2D eigenvalue weighted by molar-refractivity contribution is -0.142. The first-order valence-corrected chi connectivity index (χ1v) is 11.3. The Hall–Kier alpha value is -3.48. The normalized spacial score (nSPS) is 15.4. The van der Waals surface area contributed by atoms with Crippen molar-refractivity contribution in [1.82, 2.24) is 19.8 Å². The summed E-state index contributed by atoms with van der Waals surface area (Å²) in [5.74, 6) is 0.267. The van der Waals surface area contributed by atoms with Crippen LogP contribution in [-0.4, -0.2) is 32.3 Å². The van der Waals surface area contributed by atoms with Crippen LogP contribution in [0.3, 0.4) is 0 Å². The number of hydrogen-bond donors (Lipinski definition) is 1. The van der Waals surface area contributed by atoms with Crippen molar-refractivity contribution in [2.75, 3.05) is 0 Å². The van der Waals surface area contributed by atoms with Gasteiger partial charge in [0.05, 0.1) is 5.69 Å². The molecule has 0 saturated carbocycles. The Kier molecular flexibility index (Phi) is 6.58. The highest BCUT2D eigenvalue weighted by Crippen LogP contribution is 2.25. The summed E-state index contributed by atoms with van der Waals surface area (Å²) in [6, 6.07) is 12.2. The fourth-order valence-electron chi connectivity index (χ4n) is 4.28. The Labute approximate surface area is 193 Å². The largest absolute Gasteiger partial charge is 0.350 e. The molecule has 1 N–H and O–H groups in total. The molecule has 0 saturated heterocycles. The van der Waals surface area contributed by atoms with Crippen LogP contribution in [0, 0.1) is 18.7 Å². The smallest absolute Gasteiger partial charge is 0.243 e. The van der Waals surface area contributed by atoms with E-state index in [0.29, 0.717) is 36.5 Å². The molecule has 1 aromatic heterocycles. The lowest BCUT2D eigenvalue weighted by Gasteiger charge is -2.36. The summed E-state index contributed by atoms with van der Waals surface area (Å²) in [5, 5.41) is 2.91. The molecule has 0 radical (unpaired) electrons. The second kappa shape index (κ2) is 9.57. The average molecular weight is 449 g/mol. The van der Waals surface area contributed by atoms with Gasteiger partial charge in [0.2, 0.25) is 11.8 Å². The predicted octanol–water partition coefficient (Wildman–Crippen LogP) is 3.94. The van der Waals surface area contributed by atoms with Crippen molar-refractivity contribution in [1.29, 1.82) is 0 Å². The SMILES string of the molecule is Cc1nccn1-c1ccc(CNC(=O)C2Cc3ccccc3CN2C(=O)CC(C)C)cc1F. The van der Waals surface area contributed by atoms with E-state index in [4.69, 9.17) is 0 Å². The van der Waals surface area contributed by atoms with Gasteiger partial charge in [-0.3, -0.25) is 9.59 Å². The Morgan fingerprint density at radius 3 is 2.61 bits per heavy atom. The number of imidazole rings is 1. The van der Waals surface area contributed by atoms with Crippen LogP contribution in [-0.2, 0) is 29.1 Å². The lowest BCUT2D eigenvalue weighted by Crippen LogP contribution is -2.52. The number of fused-ring (bicyclic) bond motifs is 1. The first kappa shape index (κ1) is 22.7. The van der Waals surface area contributed by atoms with E-state index in [2.05, 4.69) is 10.3 Å². The van der Waals surface area contributed by atoms with Crippen LogP contribution < -0.4 is 5.32 Å². The molecule has 0 aliphatic carbocycles. The Balaban J connectivity index is 1.48. The maximum absolute atomic E-state index is 14.7. The van der Waals surface area contributed by atoms with Crippen LogP contribution >= 0.6 is 0 Å². The monoisotopic (exact) mass is 448 g/mol. The van der Waals surface area contributed by atoms with Gasteiger partial charge in [-0.25, -0.2) is 9.37 Å². The highest BCUT2D eigenvalue weighted by Gasteiger charge is 2.34. The molecular weight excluding hydrogens is 419 g/mol. The molecule has 2 aromatic carbocycles. The number of amides is 2. The van der Waals surface area contributed by atoms with Gasteiger partial charge in [-0.1, -0.05) is 44.2 Å². The summed E-state index contributed by atoms with van der Waals surface area (Å²) >= 11 is 0. The van der Waals surface area contributed by atoms with Gasteiger partial charge in [-0.15, -0.1) is 0 Å². The number of aryl methyl sites for hydroxylation is 1. The van der Waals surface area contributed by atoms with Crippen LogP contribution in [0.4, 0.5) is 4.39 Å². The second-order valence-corrected chi connectivity index (χ2v) is 8.96. The van der Waals surface area contributed by atoms with Gasteiger partial charge >= 0.3 is 0 Å². The minimum absolute atomic E-state index is 0.0225. The fourth-order valence-corrected chi connectivity index (χ4v) is 4.28. The first-order chi connectivity index (χ1) is 15.8. The molecule has 0 spiro atoms. The number of nitrogens with zero attached hydrogens (tertiary/aromatic N) is 3. The summed E-state index contributed by atoms with van der Waals surface area (Å²) in [6.45, 7) is 6.40. The van der Waals surface area contributed by atoms with Crippen molar-refractivity contribution >= 4 is 11.8 Å². The molecule has 7 heteroatoms. The summed E-state index contributed by atoms with van der Waals surface area (Å²) in [4.78, 5) is 31.9. The maximum Gasteiger partial charge on any atom is 0.243 e. The van der Waals surface area contributed by atoms with Crippen molar-refractivity contribution in [2.45, 2.75) is 52.7 Å². The quantitative estimate of drug-likeness (QED) is 0.621. The molecule has 0 bridgehead atoms. The second-order valence-electron chi connectivity index (χ2n) is 8.96. The zero-order valence-electron chi connectivity index (χ0n) is 19.2. The van der Waals surface area contributed by atoms with Crippen LogP contribution in [0.1, 0.15) is 42.8 Å². The van der Waals surface area contributed by atoms with Crippen molar-refractivity contribution in [3.8, 4) is 5.69 Å². The number of aromatic nitrogens is 2. The minimum Gasteiger partial charge on any atom is -0.350 e. The molecule has 1 aliphatic rings. The predicted molar refractivity (Wildman–Crippen MR) is 124 cm³/mol. The Morgan fingerprint density at radius 1 is 1.18 bits per heavy atom. The van der Waals surface area contributed by atoms with Crippen LogP contribution in [0.2, 0.25) is 0 Å². The molecule has 2 amide bonds. The number of benzene rings is 2. The third-order valence-electron chi connectivity index (χ3n) is 6.02. The van der Waals surface area contributed by atoms with Crippen molar-refractivity contribution in [3.63, 3.8) is 0 Å². The lowest BCUT2D eigenvalue weighted by atomic mass is 9.92. The van der Waals surface area contributed by atoms with E-state index >= 15 is 0 Å². The van der Waals surface area contributed by atoms with Crippen molar-refractivity contribution < 1.29 is 14.0 Å². The van der Waals surface area contributed by atoms with Gasteiger partial charge in [0, 0.05) is 38.3 Å². The number of halogens is 1. The molecule has 0 fully saturated rings. The third kappa shape index (κ3) is 4.97. The number of hydrogen-bond acceptors (Lipinski definition) is 3. The molecule has 172 valence electrons. The van der Waals surface area contributed by atoms with Gasteiger partial charge in [-0.05, 0) is 41.7 Å². The summed E-state index contributed by atoms with van der Waals surface area (Å²) in [7, 11) is 0. The highest BCUT2D eigenvalue weighted by molar-refractivity contribution is 5.88. The summed E-state index contributed by atoms with van der Waals surface area (Å²) in [5.41, 5.74) is 3.22. The van der Waals surface area contributed by atoms with E-state index in [0.717, 1.165) is 11.1 Å². The summed E-state index contributed by atoms with van der Waals surface area (Å²) in [6.07, 6.45) is 4.20. The van der Waals surface area contributed by atoms with Crippen molar-refractivity contribution in [3.05, 3.63) is 83.2 Å². The molecule has 1 aliphatic heterocycles. The zero-order valence-corrected chi connectivity index (χ0v) is 19.2. The van der Waals surface area contributed by atoms with Gasteiger partial charge in [0.15, 0.2) is 0 Å². The molecule has 4 rings (SSSR count). The van der Waals surface area contributed by atoms with Crippen LogP contribution in [0.15, 0.2) is 54.9 Å². The fraction of sp³-hybridized carbons (Fsp3) is 0.346. The topological polar surface area (TPSA) is 67.2 Å². The van der Waals surface area contributed by atoms with E-state index < -0.39 is 6.04 Å². The van der Waals surface area contributed by atoms with Crippen molar-refractivity contribution in [2.24, 2.45) is 5.92 Å². The molecule has 2 heterocycles. The Morgan fingerprint density at radius 2 is 1.94 bits per heavy atom. The highest BCUT2D eigenvalue weighted by atomic mass is 19.1. The number of nitrogens with one attached hydrogen (secondary N) is 1. The first-order valence-electron chi connectivity index (χ1n) is 11.3. The molecule has 1 atom stereocenters. The van der Waals surface area contributed by atoms with E-state index in [1.54, 1.807) is 34.0 Å². The van der Waals surface area contributed by atoms with Crippen LogP contribution in [0.5, 0.6) is 0 Å². The third-order valence-corrected chi connectivity index (χ3v) is 6.02. The van der Waals surface area contributed by atoms with Crippen LogP contribution in [0.25, 0.3) is 5.69 Å². The van der Waals surface area contributed by atoms with Gasteiger partial charge in [-0.2, -0.15) is 0 Å². The Bertz CT molecular complexity index is 1170. The number of carbonyl (C=O) groups is 2. The molecule has 6 nitrogen and oxygen atoms in total. The van der Waals surface area contributed by atoms with Gasteiger partial charge < -0.3 is 14.8 Å². The molecule has 3 aromatic rings. The minimum atomic E-state index is -0.580. The zero-order chi connectivity index (χ0) is 23.5. The molecule has 33 heavy (non-hydrogen) atoms. The number of rotatable bonds is 6. The maximum atomic E-state index is 14.7. The van der Waals surface area contributed by atoms with E-state index in [1.165, 1.54) is 6.07 Å². The standard InChI is InChI=1S/C26H29FN4O2/c1-17(2)12-25(32)31-16-21-7-5-4-6-20(21)14-24(31)26(33)29-15-19-8-9-23(22(27)13-19)30-11-10-28-18(30)3/h4-11,13,17,24H,12,14-16H2,1-3H3,(H,29,33). The molecular formula is C26H29FN4O2. The van der Waals surface area contributed by atoms with E-state index in [9.17, 15) is 14.0 Å². The summed E-state index contributed by atoms with van der Waals surface area (Å²) < 4.78 is 16.4. The van der Waals surface area contributed by atoms with Gasteiger partial charge in [0.1, 0.15) is 17.7 Å².